The number of urea groups is 1. The number of piperidine rings is 1. The number of hydrogen-bond donors (Lipinski definition) is 3. The highest BCUT2D eigenvalue weighted by atomic mass is 32.2. The third-order valence-corrected chi connectivity index (χ3v) is 8.57. The van der Waals surface area contributed by atoms with Gasteiger partial charge in [-0.2, -0.15) is 4.31 Å². The second-order valence-corrected chi connectivity index (χ2v) is 12.8. The van der Waals surface area contributed by atoms with Crippen molar-refractivity contribution in [1.82, 2.24) is 14.9 Å². The standard InChI is InChI=1S/C25H36N4O5S2/c1-25(2,3)34-24(31)27-18-19-12-15-29(16-13-19)36(32,33)22-10-8-20(9-11-22)28-23(30)26-14-4-6-21-7-5-17-35-21/h5,7-11,17,19H,4,6,12-16,18H2,1-3H3,(H,27,31)(H2,26,28,30). The maximum atomic E-state index is 13.1. The second kappa shape index (κ2) is 12.6. The number of sulfonamides is 1. The normalized spacial score (nSPS) is 15.3. The van der Waals surface area contributed by atoms with Crippen molar-refractivity contribution in [3.63, 3.8) is 0 Å². The van der Waals surface area contributed by atoms with Crippen molar-refractivity contribution in [3.05, 3.63) is 46.7 Å². The number of nitrogens with zero attached hydrogens (tertiary/aromatic N) is 1. The number of carbonyl (C=O) groups is 2. The van der Waals surface area contributed by atoms with Gasteiger partial charge in [0.25, 0.3) is 0 Å². The molecule has 0 aliphatic carbocycles. The van der Waals surface area contributed by atoms with Crippen LogP contribution in [0.25, 0.3) is 0 Å². The fourth-order valence-corrected chi connectivity index (χ4v) is 6.07. The number of rotatable bonds is 9. The van der Waals surface area contributed by atoms with Crippen LogP contribution in [-0.2, 0) is 21.2 Å². The van der Waals surface area contributed by atoms with Crippen LogP contribution in [0.15, 0.2) is 46.7 Å². The molecule has 0 unspecified atom stereocenters. The Morgan fingerprint density at radius 2 is 1.78 bits per heavy atom. The van der Waals surface area contributed by atoms with Gasteiger partial charge in [0.05, 0.1) is 4.90 Å². The molecule has 2 heterocycles. The largest absolute Gasteiger partial charge is 0.444 e. The van der Waals surface area contributed by atoms with Crippen molar-refractivity contribution >= 4 is 39.2 Å². The molecular formula is C25H36N4O5S2. The summed E-state index contributed by atoms with van der Waals surface area (Å²) in [6, 6.07) is 9.98. The zero-order chi connectivity index (χ0) is 26.2. The molecule has 0 spiro atoms. The molecule has 3 N–H and O–H groups in total. The Labute approximate surface area is 217 Å². The second-order valence-electron chi connectivity index (χ2n) is 9.82. The van der Waals surface area contributed by atoms with Crippen molar-refractivity contribution < 1.29 is 22.7 Å². The van der Waals surface area contributed by atoms with Gasteiger partial charge in [-0.25, -0.2) is 18.0 Å². The number of anilines is 1. The Bertz CT molecular complexity index is 1090. The smallest absolute Gasteiger partial charge is 0.407 e. The highest BCUT2D eigenvalue weighted by Gasteiger charge is 2.29. The Morgan fingerprint density at radius 3 is 2.39 bits per heavy atom. The zero-order valence-electron chi connectivity index (χ0n) is 21.1. The molecule has 1 aromatic heterocycles. The average Bonchev–Trinajstić information content (AvgIpc) is 3.34. The third kappa shape index (κ3) is 8.79. The van der Waals surface area contributed by atoms with Crippen molar-refractivity contribution in [2.45, 2.75) is 57.0 Å². The molecule has 3 rings (SSSR count). The van der Waals surface area contributed by atoms with E-state index in [9.17, 15) is 18.0 Å². The van der Waals surface area contributed by atoms with Gasteiger partial charge in [0.2, 0.25) is 10.0 Å². The summed E-state index contributed by atoms with van der Waals surface area (Å²) in [5.74, 6) is 0.194. The van der Waals surface area contributed by atoms with Crippen molar-refractivity contribution in [2.75, 3.05) is 31.5 Å². The van der Waals surface area contributed by atoms with Crippen LogP contribution in [0, 0.1) is 5.92 Å². The quantitative estimate of drug-likeness (QED) is 0.410. The van der Waals surface area contributed by atoms with Crippen LogP contribution in [-0.4, -0.2) is 56.6 Å². The SMILES string of the molecule is CC(C)(C)OC(=O)NCC1CCN(S(=O)(=O)c2ccc(NC(=O)NCCCc3cccs3)cc2)CC1. The topological polar surface area (TPSA) is 117 Å². The number of hydrogen-bond acceptors (Lipinski definition) is 6. The van der Waals surface area contributed by atoms with E-state index in [0.29, 0.717) is 44.7 Å². The minimum atomic E-state index is -3.63. The van der Waals surface area contributed by atoms with E-state index in [-0.39, 0.29) is 16.8 Å². The first-order valence-corrected chi connectivity index (χ1v) is 14.5. The molecule has 9 nitrogen and oxygen atoms in total. The van der Waals surface area contributed by atoms with Gasteiger partial charge in [-0.3, -0.25) is 0 Å². The fourth-order valence-electron chi connectivity index (χ4n) is 3.85. The Kier molecular flexibility index (Phi) is 9.75. The van der Waals surface area contributed by atoms with Gasteiger partial charge < -0.3 is 20.7 Å². The summed E-state index contributed by atoms with van der Waals surface area (Å²) in [6.07, 6.45) is 2.61. The van der Waals surface area contributed by atoms with Crippen molar-refractivity contribution in [2.24, 2.45) is 5.92 Å². The molecule has 0 atom stereocenters. The molecule has 198 valence electrons. The predicted molar refractivity (Wildman–Crippen MR) is 142 cm³/mol. The highest BCUT2D eigenvalue weighted by molar-refractivity contribution is 7.89. The molecule has 3 amide bonds. The molecule has 1 fully saturated rings. The fraction of sp³-hybridized carbons (Fsp3) is 0.520. The maximum absolute atomic E-state index is 13.1. The molecule has 0 bridgehead atoms. The highest BCUT2D eigenvalue weighted by Crippen LogP contribution is 2.24. The Hall–Kier alpha value is -2.63. The van der Waals surface area contributed by atoms with Crippen LogP contribution in [0.4, 0.5) is 15.3 Å². The summed E-state index contributed by atoms with van der Waals surface area (Å²) in [6.45, 7) is 7.21. The number of aryl methyl sites for hydroxylation is 1. The molecule has 1 aliphatic rings. The lowest BCUT2D eigenvalue weighted by Crippen LogP contribution is -2.42. The van der Waals surface area contributed by atoms with Crippen molar-refractivity contribution in [3.8, 4) is 0 Å². The van der Waals surface area contributed by atoms with Crippen LogP contribution in [0.5, 0.6) is 0 Å². The molecular weight excluding hydrogens is 500 g/mol. The first kappa shape index (κ1) is 27.9. The number of carbonyl (C=O) groups excluding carboxylic acids is 2. The van der Waals surface area contributed by atoms with Crippen LogP contribution < -0.4 is 16.0 Å². The van der Waals surface area contributed by atoms with E-state index < -0.39 is 21.7 Å². The predicted octanol–water partition coefficient (Wildman–Crippen LogP) is 4.43. The molecule has 36 heavy (non-hydrogen) atoms. The first-order valence-electron chi connectivity index (χ1n) is 12.2. The van der Waals surface area contributed by atoms with Crippen LogP contribution in [0.1, 0.15) is 44.9 Å². The molecule has 11 heteroatoms. The lowest BCUT2D eigenvalue weighted by atomic mass is 9.98. The zero-order valence-corrected chi connectivity index (χ0v) is 22.7. The monoisotopic (exact) mass is 536 g/mol. The van der Waals surface area contributed by atoms with E-state index in [0.717, 1.165) is 12.8 Å². The van der Waals surface area contributed by atoms with Crippen LogP contribution in [0.3, 0.4) is 0 Å². The summed E-state index contributed by atoms with van der Waals surface area (Å²) in [5.41, 5.74) is -0.0303. The van der Waals surface area contributed by atoms with Gasteiger partial charge in [-0.15, -0.1) is 11.3 Å². The lowest BCUT2D eigenvalue weighted by molar-refractivity contribution is 0.0513. The Morgan fingerprint density at radius 1 is 1.08 bits per heavy atom. The molecule has 1 saturated heterocycles. The lowest BCUT2D eigenvalue weighted by Gasteiger charge is -2.31. The van der Waals surface area contributed by atoms with Gasteiger partial charge in [0.15, 0.2) is 0 Å². The van der Waals surface area contributed by atoms with E-state index in [1.165, 1.54) is 21.3 Å². The molecule has 2 aromatic rings. The van der Waals surface area contributed by atoms with Crippen LogP contribution in [0.2, 0.25) is 0 Å². The molecule has 0 radical (unpaired) electrons. The van der Waals surface area contributed by atoms with Gasteiger partial charge in [0.1, 0.15) is 5.60 Å². The van der Waals surface area contributed by atoms with E-state index in [4.69, 9.17) is 4.74 Å². The summed E-state index contributed by atoms with van der Waals surface area (Å²) in [5, 5.41) is 10.4. The van der Waals surface area contributed by atoms with E-state index >= 15 is 0 Å². The van der Waals surface area contributed by atoms with E-state index in [2.05, 4.69) is 22.0 Å². The number of alkyl carbamates (subject to hydrolysis) is 1. The molecule has 1 aromatic carbocycles. The van der Waals surface area contributed by atoms with Gasteiger partial charge in [-0.05, 0) is 88.1 Å². The Balaban J connectivity index is 1.41. The summed E-state index contributed by atoms with van der Waals surface area (Å²) < 4.78 is 32.8. The minimum absolute atomic E-state index is 0.190. The third-order valence-electron chi connectivity index (χ3n) is 5.72. The summed E-state index contributed by atoms with van der Waals surface area (Å²) in [4.78, 5) is 25.4. The molecule has 1 aliphatic heterocycles. The number of nitrogens with one attached hydrogen (secondary N) is 3. The maximum Gasteiger partial charge on any atom is 0.407 e. The van der Waals surface area contributed by atoms with Gasteiger partial charge in [0, 0.05) is 36.7 Å². The number of ether oxygens (including phenoxy) is 1. The molecule has 0 saturated carbocycles. The number of thiophene rings is 1. The number of amides is 3. The average molecular weight is 537 g/mol. The minimum Gasteiger partial charge on any atom is -0.444 e. The first-order chi connectivity index (χ1) is 17.0. The van der Waals surface area contributed by atoms with Crippen LogP contribution >= 0.6 is 11.3 Å². The van der Waals surface area contributed by atoms with Crippen molar-refractivity contribution in [1.29, 1.82) is 0 Å². The summed E-state index contributed by atoms with van der Waals surface area (Å²) >= 11 is 1.70. The van der Waals surface area contributed by atoms with Gasteiger partial charge in [-0.1, -0.05) is 6.07 Å². The summed E-state index contributed by atoms with van der Waals surface area (Å²) in [7, 11) is -3.63. The van der Waals surface area contributed by atoms with E-state index in [1.54, 1.807) is 23.5 Å². The van der Waals surface area contributed by atoms with E-state index in [1.807, 2.05) is 32.2 Å². The van der Waals surface area contributed by atoms with Gasteiger partial charge >= 0.3 is 12.1 Å². The number of benzene rings is 1.